The predicted molar refractivity (Wildman–Crippen MR) is 79.2 cm³/mol. The van der Waals surface area contributed by atoms with Gasteiger partial charge in [0.2, 0.25) is 0 Å². The van der Waals surface area contributed by atoms with Crippen LogP contribution in [-0.2, 0) is 21.9 Å². The molecule has 0 radical (unpaired) electrons. The van der Waals surface area contributed by atoms with Crippen molar-refractivity contribution in [2.24, 2.45) is 0 Å². The molecule has 2 heterocycles. The van der Waals surface area contributed by atoms with Crippen molar-refractivity contribution >= 4 is 9.84 Å². The standard InChI is InChI=1S/C16H18FNO3S/c17-15-5-4-12(8-11(15)6-7-18)16(19)9-13-2-1-3-14(10-16)22(13,20)21/h4-5,8,13-14,19H,1-3,6,9-10H2. The van der Waals surface area contributed by atoms with Crippen LogP contribution in [0.15, 0.2) is 18.2 Å². The van der Waals surface area contributed by atoms with Crippen molar-refractivity contribution in [3.63, 3.8) is 0 Å². The Bertz CT molecular complexity index is 718. The quantitative estimate of drug-likeness (QED) is 0.905. The summed E-state index contributed by atoms with van der Waals surface area (Å²) in [6, 6.07) is 6.16. The largest absolute Gasteiger partial charge is 0.385 e. The summed E-state index contributed by atoms with van der Waals surface area (Å²) in [5.74, 6) is -0.475. The van der Waals surface area contributed by atoms with Crippen LogP contribution in [0, 0.1) is 17.1 Å². The van der Waals surface area contributed by atoms with E-state index >= 15 is 0 Å². The van der Waals surface area contributed by atoms with Crippen LogP contribution >= 0.6 is 0 Å². The highest BCUT2D eigenvalue weighted by atomic mass is 32.2. The van der Waals surface area contributed by atoms with Crippen LogP contribution in [-0.4, -0.2) is 24.0 Å². The number of fused-ring (bicyclic) bond motifs is 2. The summed E-state index contributed by atoms with van der Waals surface area (Å²) >= 11 is 0. The fourth-order valence-electron chi connectivity index (χ4n) is 3.77. The second kappa shape index (κ2) is 5.32. The van der Waals surface area contributed by atoms with Crippen LogP contribution in [0.4, 0.5) is 4.39 Å². The highest BCUT2D eigenvalue weighted by molar-refractivity contribution is 7.92. The van der Waals surface area contributed by atoms with Crippen LogP contribution < -0.4 is 0 Å². The van der Waals surface area contributed by atoms with E-state index in [1.54, 1.807) is 0 Å². The fourth-order valence-corrected chi connectivity index (χ4v) is 6.32. The third kappa shape index (κ3) is 2.42. The first-order chi connectivity index (χ1) is 10.4. The molecule has 1 aromatic rings. The van der Waals surface area contributed by atoms with Gasteiger partial charge in [0, 0.05) is 5.56 Å². The van der Waals surface area contributed by atoms with Crippen LogP contribution in [0.3, 0.4) is 0 Å². The maximum absolute atomic E-state index is 13.7. The Kier molecular flexibility index (Phi) is 3.74. The lowest BCUT2D eigenvalue weighted by Crippen LogP contribution is -2.50. The van der Waals surface area contributed by atoms with Crippen LogP contribution in [0.1, 0.15) is 43.2 Å². The normalized spacial score (nSPS) is 33.1. The third-order valence-corrected chi connectivity index (χ3v) is 7.63. The van der Waals surface area contributed by atoms with Gasteiger partial charge in [-0.3, -0.25) is 0 Å². The molecule has 2 atom stereocenters. The number of aliphatic hydroxyl groups is 1. The Morgan fingerprint density at radius 2 is 1.95 bits per heavy atom. The Labute approximate surface area is 129 Å². The van der Waals surface area contributed by atoms with Gasteiger partial charge in [0.25, 0.3) is 0 Å². The zero-order valence-corrected chi connectivity index (χ0v) is 12.9. The van der Waals surface area contributed by atoms with Gasteiger partial charge < -0.3 is 5.11 Å². The summed E-state index contributed by atoms with van der Waals surface area (Å²) < 4.78 is 38.3. The molecule has 2 saturated heterocycles. The van der Waals surface area contributed by atoms with E-state index in [-0.39, 0.29) is 24.8 Å². The first-order valence-corrected chi connectivity index (χ1v) is 9.09. The molecular weight excluding hydrogens is 305 g/mol. The van der Waals surface area contributed by atoms with E-state index in [2.05, 4.69) is 0 Å². The molecule has 2 unspecified atom stereocenters. The molecule has 2 bridgehead atoms. The minimum Gasteiger partial charge on any atom is -0.385 e. The van der Waals surface area contributed by atoms with Gasteiger partial charge in [-0.1, -0.05) is 12.5 Å². The maximum atomic E-state index is 13.7. The molecule has 0 amide bonds. The molecule has 1 N–H and O–H groups in total. The molecule has 6 heteroatoms. The van der Waals surface area contributed by atoms with E-state index in [9.17, 15) is 17.9 Å². The van der Waals surface area contributed by atoms with Crippen molar-refractivity contribution in [1.29, 1.82) is 5.26 Å². The molecule has 118 valence electrons. The van der Waals surface area contributed by atoms with Crippen molar-refractivity contribution in [2.45, 2.75) is 54.6 Å². The molecule has 2 aliphatic heterocycles. The van der Waals surface area contributed by atoms with E-state index in [1.807, 2.05) is 6.07 Å². The van der Waals surface area contributed by atoms with E-state index in [0.717, 1.165) is 6.42 Å². The summed E-state index contributed by atoms with van der Waals surface area (Å²) in [7, 11) is -3.16. The average Bonchev–Trinajstić information content (AvgIpc) is 2.43. The number of hydrogen-bond acceptors (Lipinski definition) is 4. The second-order valence-electron chi connectivity index (χ2n) is 6.34. The van der Waals surface area contributed by atoms with Crippen molar-refractivity contribution in [3.8, 4) is 6.07 Å². The number of hydrogen-bond donors (Lipinski definition) is 1. The minimum absolute atomic E-state index is 0.0685. The fraction of sp³-hybridized carbons (Fsp3) is 0.562. The summed E-state index contributed by atoms with van der Waals surface area (Å²) in [4.78, 5) is 0. The van der Waals surface area contributed by atoms with Crippen LogP contribution in [0.2, 0.25) is 0 Å². The van der Waals surface area contributed by atoms with E-state index < -0.39 is 31.8 Å². The molecule has 1 aromatic carbocycles. The molecule has 3 rings (SSSR count). The summed E-state index contributed by atoms with van der Waals surface area (Å²) in [5.41, 5.74) is -0.489. The number of nitrogens with zero attached hydrogens (tertiary/aromatic N) is 1. The SMILES string of the molecule is N#CCc1cc(C2(O)CC3CCCC(C2)S3(=O)=O)ccc1F. The molecule has 0 spiro atoms. The van der Waals surface area contributed by atoms with Crippen molar-refractivity contribution in [2.75, 3.05) is 0 Å². The lowest BCUT2D eigenvalue weighted by molar-refractivity contribution is 0.00489. The van der Waals surface area contributed by atoms with Gasteiger partial charge in [-0.2, -0.15) is 5.26 Å². The van der Waals surface area contributed by atoms with Crippen molar-refractivity contribution < 1.29 is 17.9 Å². The Balaban J connectivity index is 1.98. The summed E-state index contributed by atoms with van der Waals surface area (Å²) in [6.07, 6.45) is 2.27. The molecule has 2 fully saturated rings. The van der Waals surface area contributed by atoms with Crippen LogP contribution in [0.5, 0.6) is 0 Å². The first-order valence-electron chi connectivity index (χ1n) is 7.48. The number of halogens is 1. The van der Waals surface area contributed by atoms with Gasteiger partial charge in [-0.25, -0.2) is 12.8 Å². The molecule has 0 aliphatic carbocycles. The molecule has 4 nitrogen and oxygen atoms in total. The highest BCUT2D eigenvalue weighted by Crippen LogP contribution is 2.46. The summed E-state index contributed by atoms with van der Waals surface area (Å²) in [6.45, 7) is 0. The molecule has 0 saturated carbocycles. The van der Waals surface area contributed by atoms with Gasteiger partial charge >= 0.3 is 0 Å². The van der Waals surface area contributed by atoms with E-state index in [0.29, 0.717) is 18.4 Å². The zero-order valence-electron chi connectivity index (χ0n) is 12.1. The number of benzene rings is 1. The molecule has 22 heavy (non-hydrogen) atoms. The minimum atomic E-state index is -3.16. The van der Waals surface area contributed by atoms with E-state index in [4.69, 9.17) is 5.26 Å². The Morgan fingerprint density at radius 1 is 1.32 bits per heavy atom. The highest BCUT2D eigenvalue weighted by Gasteiger charge is 2.50. The summed E-state index contributed by atoms with van der Waals surface area (Å²) in [5, 5.41) is 18.7. The van der Waals surface area contributed by atoms with E-state index in [1.165, 1.54) is 18.2 Å². The first kappa shape index (κ1) is 15.4. The van der Waals surface area contributed by atoms with Gasteiger partial charge in [-0.15, -0.1) is 0 Å². The average molecular weight is 323 g/mol. The predicted octanol–water partition coefficient (Wildman–Crippen LogP) is 2.21. The monoisotopic (exact) mass is 323 g/mol. The lowest BCUT2D eigenvalue weighted by atomic mass is 9.80. The zero-order chi connectivity index (χ0) is 16.0. The third-order valence-electron chi connectivity index (χ3n) is 4.96. The smallest absolute Gasteiger partial charge is 0.156 e. The number of rotatable bonds is 2. The number of nitriles is 1. The molecule has 2 aliphatic rings. The van der Waals surface area contributed by atoms with Crippen molar-refractivity contribution in [1.82, 2.24) is 0 Å². The molecular formula is C16H18FNO3S. The van der Waals surface area contributed by atoms with Gasteiger partial charge in [0.05, 0.1) is 28.6 Å². The molecule has 0 aromatic heterocycles. The maximum Gasteiger partial charge on any atom is 0.156 e. The number of sulfone groups is 1. The van der Waals surface area contributed by atoms with Crippen molar-refractivity contribution in [3.05, 3.63) is 35.1 Å². The van der Waals surface area contributed by atoms with Gasteiger partial charge in [-0.05, 0) is 43.4 Å². The second-order valence-corrected chi connectivity index (χ2v) is 8.86. The Morgan fingerprint density at radius 3 is 2.55 bits per heavy atom. The Hall–Kier alpha value is -1.45. The van der Waals surface area contributed by atoms with Crippen LogP contribution in [0.25, 0.3) is 0 Å². The topological polar surface area (TPSA) is 78.2 Å². The van der Waals surface area contributed by atoms with Gasteiger partial charge in [0.1, 0.15) is 5.82 Å². The lowest BCUT2D eigenvalue weighted by Gasteiger charge is -2.44. The van der Waals surface area contributed by atoms with Gasteiger partial charge in [0.15, 0.2) is 9.84 Å².